The van der Waals surface area contributed by atoms with Gasteiger partial charge >= 0.3 is 11.9 Å². The maximum absolute atomic E-state index is 11.8. The number of benzene rings is 1. The summed E-state index contributed by atoms with van der Waals surface area (Å²) in [5.74, 6) is -0.873. The van der Waals surface area contributed by atoms with Crippen LogP contribution >= 0.6 is 0 Å². The van der Waals surface area contributed by atoms with E-state index in [4.69, 9.17) is 9.47 Å². The van der Waals surface area contributed by atoms with Crippen molar-refractivity contribution in [1.82, 2.24) is 5.32 Å². The molecule has 0 amide bonds. The maximum Gasteiger partial charge on any atom is 0.332 e. The molecule has 0 radical (unpaired) electrons. The second kappa shape index (κ2) is 7.99. The second-order valence-electron chi connectivity index (χ2n) is 4.09. The van der Waals surface area contributed by atoms with Gasteiger partial charge in [-0.25, -0.2) is 9.59 Å². The van der Waals surface area contributed by atoms with Crippen molar-refractivity contribution >= 4 is 11.9 Å². The first kappa shape index (κ1) is 15.8. The minimum absolute atomic E-state index is 0.307. The zero-order valence-electron chi connectivity index (χ0n) is 11.9. The molecule has 1 aromatic rings. The van der Waals surface area contributed by atoms with Gasteiger partial charge in [0.1, 0.15) is 0 Å². The molecular formula is C15H19NO4. The SMILES string of the molecule is CCOC(=O)C=C(C)N[C@@H](C(=O)OC)c1ccccc1. The third-order valence-corrected chi connectivity index (χ3v) is 2.56. The van der Waals surface area contributed by atoms with Crippen LogP contribution in [-0.4, -0.2) is 25.7 Å². The summed E-state index contributed by atoms with van der Waals surface area (Å²) in [6.45, 7) is 3.73. The summed E-state index contributed by atoms with van der Waals surface area (Å²) in [6, 6.07) is 8.48. The Morgan fingerprint density at radius 3 is 2.50 bits per heavy atom. The molecule has 0 fully saturated rings. The lowest BCUT2D eigenvalue weighted by Crippen LogP contribution is -2.28. The largest absolute Gasteiger partial charge is 0.467 e. The number of hydrogen-bond acceptors (Lipinski definition) is 5. The highest BCUT2D eigenvalue weighted by Crippen LogP contribution is 2.15. The lowest BCUT2D eigenvalue weighted by molar-refractivity contribution is -0.143. The molecule has 1 N–H and O–H groups in total. The van der Waals surface area contributed by atoms with Gasteiger partial charge in [-0.05, 0) is 19.4 Å². The first-order chi connectivity index (χ1) is 9.58. The van der Waals surface area contributed by atoms with Crippen molar-refractivity contribution in [2.24, 2.45) is 0 Å². The zero-order valence-corrected chi connectivity index (χ0v) is 11.9. The van der Waals surface area contributed by atoms with Crippen molar-refractivity contribution in [1.29, 1.82) is 0 Å². The minimum Gasteiger partial charge on any atom is -0.467 e. The number of methoxy groups -OCH3 is 1. The monoisotopic (exact) mass is 277 g/mol. The summed E-state index contributed by atoms with van der Waals surface area (Å²) in [6.07, 6.45) is 1.31. The molecule has 0 aliphatic carbocycles. The standard InChI is InChI=1S/C15H19NO4/c1-4-20-13(17)10-11(2)16-14(15(18)19-3)12-8-6-5-7-9-12/h5-10,14,16H,4H2,1-3H3/t14-/m1/s1. The lowest BCUT2D eigenvalue weighted by Gasteiger charge is -2.18. The van der Waals surface area contributed by atoms with Crippen LogP contribution in [0.2, 0.25) is 0 Å². The van der Waals surface area contributed by atoms with Gasteiger partial charge in [-0.15, -0.1) is 0 Å². The van der Waals surface area contributed by atoms with Crippen LogP contribution in [0.4, 0.5) is 0 Å². The van der Waals surface area contributed by atoms with Gasteiger partial charge in [0, 0.05) is 11.8 Å². The molecule has 108 valence electrons. The molecule has 1 rings (SSSR count). The zero-order chi connectivity index (χ0) is 15.0. The molecule has 0 saturated heterocycles. The molecule has 20 heavy (non-hydrogen) atoms. The highest BCUT2D eigenvalue weighted by Gasteiger charge is 2.21. The molecule has 0 saturated carbocycles. The van der Waals surface area contributed by atoms with Crippen LogP contribution in [0.15, 0.2) is 42.1 Å². The van der Waals surface area contributed by atoms with Gasteiger partial charge < -0.3 is 14.8 Å². The molecule has 1 atom stereocenters. The Kier molecular flexibility index (Phi) is 6.29. The number of ether oxygens (including phenoxy) is 2. The van der Waals surface area contributed by atoms with Crippen molar-refractivity contribution in [2.75, 3.05) is 13.7 Å². The highest BCUT2D eigenvalue weighted by atomic mass is 16.5. The number of allylic oxidation sites excluding steroid dienone is 1. The third kappa shape index (κ3) is 4.76. The molecule has 0 aliphatic rings. The van der Waals surface area contributed by atoms with Crippen LogP contribution < -0.4 is 5.32 Å². The predicted octanol–water partition coefficient (Wildman–Crippen LogP) is 1.96. The Morgan fingerprint density at radius 2 is 1.95 bits per heavy atom. The van der Waals surface area contributed by atoms with E-state index in [1.807, 2.05) is 30.3 Å². The van der Waals surface area contributed by atoms with Crippen LogP contribution in [0.3, 0.4) is 0 Å². The fourth-order valence-corrected chi connectivity index (χ4v) is 1.67. The number of rotatable bonds is 6. The quantitative estimate of drug-likeness (QED) is 0.636. The van der Waals surface area contributed by atoms with E-state index in [0.717, 1.165) is 5.56 Å². The average molecular weight is 277 g/mol. The maximum atomic E-state index is 11.8. The molecule has 0 spiro atoms. The molecule has 1 aromatic carbocycles. The Hall–Kier alpha value is -2.30. The Labute approximate surface area is 118 Å². The van der Waals surface area contributed by atoms with Crippen molar-refractivity contribution in [3.63, 3.8) is 0 Å². The van der Waals surface area contributed by atoms with Gasteiger partial charge in [0.05, 0.1) is 13.7 Å². The predicted molar refractivity (Wildman–Crippen MR) is 74.7 cm³/mol. The lowest BCUT2D eigenvalue weighted by atomic mass is 10.1. The number of nitrogens with one attached hydrogen (secondary N) is 1. The summed E-state index contributed by atoms with van der Waals surface area (Å²) < 4.78 is 9.59. The van der Waals surface area contributed by atoms with E-state index >= 15 is 0 Å². The van der Waals surface area contributed by atoms with Crippen LogP contribution in [0.25, 0.3) is 0 Å². The summed E-state index contributed by atoms with van der Waals surface area (Å²) >= 11 is 0. The van der Waals surface area contributed by atoms with E-state index in [1.54, 1.807) is 13.8 Å². The molecule has 0 heterocycles. The summed E-state index contributed by atoms with van der Waals surface area (Å²) in [7, 11) is 1.32. The highest BCUT2D eigenvalue weighted by molar-refractivity contribution is 5.83. The number of carbonyl (C=O) groups is 2. The topological polar surface area (TPSA) is 64.6 Å². The van der Waals surface area contributed by atoms with Gasteiger partial charge in [-0.1, -0.05) is 30.3 Å². The van der Waals surface area contributed by atoms with E-state index < -0.39 is 18.0 Å². The fraction of sp³-hybridized carbons (Fsp3) is 0.333. The van der Waals surface area contributed by atoms with Crippen molar-refractivity contribution in [3.05, 3.63) is 47.7 Å². The van der Waals surface area contributed by atoms with Crippen molar-refractivity contribution < 1.29 is 19.1 Å². The molecule has 0 aliphatic heterocycles. The van der Waals surface area contributed by atoms with E-state index in [9.17, 15) is 9.59 Å². The summed E-state index contributed by atoms with van der Waals surface area (Å²) in [5.41, 5.74) is 1.29. The molecular weight excluding hydrogens is 258 g/mol. The average Bonchev–Trinajstić information content (AvgIpc) is 2.45. The minimum atomic E-state index is -0.660. The molecule has 0 unspecified atom stereocenters. The molecule has 5 heteroatoms. The first-order valence-corrected chi connectivity index (χ1v) is 6.32. The normalized spacial score (nSPS) is 12.4. The second-order valence-corrected chi connectivity index (χ2v) is 4.09. The molecule has 0 aromatic heterocycles. The van der Waals surface area contributed by atoms with Crippen LogP contribution in [0, 0.1) is 0 Å². The van der Waals surface area contributed by atoms with Gasteiger partial charge in [0.25, 0.3) is 0 Å². The van der Waals surface area contributed by atoms with Gasteiger partial charge in [0.2, 0.25) is 0 Å². The number of carbonyl (C=O) groups excluding carboxylic acids is 2. The van der Waals surface area contributed by atoms with E-state index in [0.29, 0.717) is 12.3 Å². The fourth-order valence-electron chi connectivity index (χ4n) is 1.67. The van der Waals surface area contributed by atoms with E-state index in [2.05, 4.69) is 5.32 Å². The summed E-state index contributed by atoms with van der Waals surface area (Å²) in [4.78, 5) is 23.2. The molecule has 0 bridgehead atoms. The van der Waals surface area contributed by atoms with E-state index in [1.165, 1.54) is 13.2 Å². The Bertz CT molecular complexity index is 482. The van der Waals surface area contributed by atoms with Gasteiger partial charge in [-0.2, -0.15) is 0 Å². The molecule has 5 nitrogen and oxygen atoms in total. The van der Waals surface area contributed by atoms with Crippen LogP contribution in [0.5, 0.6) is 0 Å². The van der Waals surface area contributed by atoms with Crippen LogP contribution in [0.1, 0.15) is 25.5 Å². The third-order valence-electron chi connectivity index (χ3n) is 2.56. The smallest absolute Gasteiger partial charge is 0.332 e. The number of hydrogen-bond donors (Lipinski definition) is 1. The van der Waals surface area contributed by atoms with Crippen LogP contribution in [-0.2, 0) is 19.1 Å². The Morgan fingerprint density at radius 1 is 1.30 bits per heavy atom. The van der Waals surface area contributed by atoms with Gasteiger partial charge in [-0.3, -0.25) is 0 Å². The summed E-state index contributed by atoms with van der Waals surface area (Å²) in [5, 5.41) is 2.96. The number of esters is 2. The van der Waals surface area contributed by atoms with Gasteiger partial charge in [0.15, 0.2) is 6.04 Å². The van der Waals surface area contributed by atoms with Crippen molar-refractivity contribution in [3.8, 4) is 0 Å². The first-order valence-electron chi connectivity index (χ1n) is 6.32. The van der Waals surface area contributed by atoms with E-state index in [-0.39, 0.29) is 0 Å². The Balaban J connectivity index is 2.86. The van der Waals surface area contributed by atoms with Crippen molar-refractivity contribution in [2.45, 2.75) is 19.9 Å².